The topological polar surface area (TPSA) is 33.4 Å². The van der Waals surface area contributed by atoms with Crippen molar-refractivity contribution < 1.29 is 4.39 Å². The first-order chi connectivity index (χ1) is 7.75. The molecule has 3 rings (SSSR count). The monoisotopic (exact) mass is 240 g/mol. The van der Waals surface area contributed by atoms with Crippen molar-refractivity contribution in [1.82, 2.24) is 14.6 Å². The fraction of sp³-hybridized carbons (Fsp3) is 0.400. The molecule has 0 amide bonds. The molecule has 0 spiro atoms. The minimum atomic E-state index is -0.488. The van der Waals surface area contributed by atoms with Gasteiger partial charge in [0.15, 0.2) is 10.8 Å². The van der Waals surface area contributed by atoms with Crippen molar-refractivity contribution >= 4 is 22.9 Å². The van der Waals surface area contributed by atoms with Crippen molar-refractivity contribution in [2.75, 3.05) is 18.0 Å². The van der Waals surface area contributed by atoms with Crippen LogP contribution in [-0.2, 0) is 0 Å². The van der Waals surface area contributed by atoms with Crippen molar-refractivity contribution in [2.45, 2.75) is 12.8 Å². The number of anilines is 1. The number of hydrogen-bond donors (Lipinski definition) is 0. The Morgan fingerprint density at radius 1 is 1.31 bits per heavy atom. The van der Waals surface area contributed by atoms with Crippen LogP contribution < -0.4 is 4.90 Å². The van der Waals surface area contributed by atoms with E-state index in [4.69, 9.17) is 11.6 Å². The summed E-state index contributed by atoms with van der Waals surface area (Å²) in [4.78, 5) is 6.19. The van der Waals surface area contributed by atoms with Crippen molar-refractivity contribution in [3.05, 3.63) is 23.4 Å². The predicted molar refractivity (Wildman–Crippen MR) is 59.4 cm³/mol. The van der Waals surface area contributed by atoms with Crippen molar-refractivity contribution in [2.24, 2.45) is 0 Å². The van der Waals surface area contributed by atoms with Gasteiger partial charge >= 0.3 is 0 Å². The lowest BCUT2D eigenvalue weighted by atomic mass is 10.4. The van der Waals surface area contributed by atoms with E-state index >= 15 is 0 Å². The average Bonchev–Trinajstić information content (AvgIpc) is 2.88. The number of halogens is 2. The molecule has 0 aromatic carbocycles. The highest BCUT2D eigenvalue weighted by Gasteiger charge is 2.18. The number of rotatable bonds is 1. The summed E-state index contributed by atoms with van der Waals surface area (Å²) in [5, 5.41) is 4.17. The Labute approximate surface area is 96.6 Å². The summed E-state index contributed by atoms with van der Waals surface area (Å²) in [5.41, 5.74) is 1.39. The first kappa shape index (κ1) is 9.84. The van der Waals surface area contributed by atoms with Crippen LogP contribution in [0.1, 0.15) is 12.8 Å². The number of fused-ring (bicyclic) bond motifs is 1. The zero-order valence-corrected chi connectivity index (χ0v) is 9.28. The van der Waals surface area contributed by atoms with Crippen LogP contribution in [0.2, 0.25) is 5.15 Å². The van der Waals surface area contributed by atoms with Gasteiger partial charge in [0.25, 0.3) is 0 Å². The first-order valence-electron chi connectivity index (χ1n) is 5.20. The molecule has 1 fully saturated rings. The minimum absolute atomic E-state index is 0.284. The second-order valence-corrected chi connectivity index (χ2v) is 4.25. The SMILES string of the molecule is Fc1cnc2c(N3CCCC3)cc(Cl)nn12. The molecule has 4 nitrogen and oxygen atoms in total. The molecule has 0 radical (unpaired) electrons. The van der Waals surface area contributed by atoms with E-state index in [0.29, 0.717) is 5.65 Å². The van der Waals surface area contributed by atoms with E-state index in [9.17, 15) is 4.39 Å². The molecule has 84 valence electrons. The van der Waals surface area contributed by atoms with Gasteiger partial charge in [0.05, 0.1) is 11.9 Å². The van der Waals surface area contributed by atoms with Crippen molar-refractivity contribution in [3.8, 4) is 0 Å². The number of nitrogens with zero attached hydrogens (tertiary/aromatic N) is 4. The van der Waals surface area contributed by atoms with Gasteiger partial charge in [-0.05, 0) is 12.8 Å². The number of aromatic nitrogens is 3. The zero-order valence-electron chi connectivity index (χ0n) is 8.53. The molecule has 0 bridgehead atoms. The highest BCUT2D eigenvalue weighted by molar-refractivity contribution is 6.29. The van der Waals surface area contributed by atoms with Crippen molar-refractivity contribution in [1.29, 1.82) is 0 Å². The molecule has 0 atom stereocenters. The first-order valence-corrected chi connectivity index (χ1v) is 5.58. The molecule has 3 heterocycles. The van der Waals surface area contributed by atoms with Gasteiger partial charge in [-0.2, -0.15) is 14.0 Å². The van der Waals surface area contributed by atoms with Gasteiger partial charge in [0.2, 0.25) is 5.95 Å². The highest BCUT2D eigenvalue weighted by atomic mass is 35.5. The smallest absolute Gasteiger partial charge is 0.234 e. The van der Waals surface area contributed by atoms with E-state index in [1.165, 1.54) is 0 Å². The van der Waals surface area contributed by atoms with Crippen LogP contribution in [0.3, 0.4) is 0 Å². The summed E-state index contributed by atoms with van der Waals surface area (Å²) < 4.78 is 14.5. The average molecular weight is 241 g/mol. The summed E-state index contributed by atoms with van der Waals surface area (Å²) in [5.74, 6) is -0.488. The lowest BCUT2D eigenvalue weighted by Gasteiger charge is -2.17. The summed E-state index contributed by atoms with van der Waals surface area (Å²) in [6.07, 6.45) is 3.46. The zero-order chi connectivity index (χ0) is 11.1. The third-order valence-corrected chi connectivity index (χ3v) is 3.01. The Morgan fingerprint density at radius 2 is 2.06 bits per heavy atom. The molecule has 1 saturated heterocycles. The maximum atomic E-state index is 13.4. The second-order valence-electron chi connectivity index (χ2n) is 3.86. The van der Waals surface area contributed by atoms with Gasteiger partial charge in [0, 0.05) is 19.2 Å². The Kier molecular flexibility index (Phi) is 2.21. The number of hydrogen-bond acceptors (Lipinski definition) is 3. The third-order valence-electron chi connectivity index (χ3n) is 2.82. The molecule has 0 unspecified atom stereocenters. The standard InChI is InChI=1S/C10H10ClFN4/c11-8-5-7(15-3-1-2-4-15)10-13-6-9(12)16(10)14-8/h5-6H,1-4H2. The molecular formula is C10H10ClFN4. The highest BCUT2D eigenvalue weighted by Crippen LogP contribution is 2.26. The van der Waals surface area contributed by atoms with Gasteiger partial charge in [-0.15, -0.1) is 0 Å². The normalized spacial score (nSPS) is 16.2. The van der Waals surface area contributed by atoms with Gasteiger partial charge in [-0.25, -0.2) is 4.98 Å². The van der Waals surface area contributed by atoms with Crippen LogP contribution >= 0.6 is 11.6 Å². The Bertz CT molecular complexity index is 533. The quantitative estimate of drug-likeness (QED) is 0.766. The lowest BCUT2D eigenvalue weighted by Crippen LogP contribution is -2.19. The van der Waals surface area contributed by atoms with Gasteiger partial charge in [-0.1, -0.05) is 11.6 Å². The Hall–Kier alpha value is -1.36. The second kappa shape index (κ2) is 3.59. The fourth-order valence-corrected chi connectivity index (χ4v) is 2.27. The maximum absolute atomic E-state index is 13.4. The van der Waals surface area contributed by atoms with E-state index in [0.717, 1.165) is 42.3 Å². The molecule has 0 N–H and O–H groups in total. The van der Waals surface area contributed by atoms with Gasteiger partial charge < -0.3 is 4.90 Å². The molecule has 0 aliphatic carbocycles. The molecule has 2 aromatic heterocycles. The molecule has 0 saturated carbocycles. The van der Waals surface area contributed by atoms with E-state index in [1.807, 2.05) is 0 Å². The minimum Gasteiger partial charge on any atom is -0.368 e. The third kappa shape index (κ3) is 1.43. The van der Waals surface area contributed by atoms with Crippen molar-refractivity contribution in [3.63, 3.8) is 0 Å². The van der Waals surface area contributed by atoms with Crippen LogP contribution in [0.15, 0.2) is 12.3 Å². The van der Waals surface area contributed by atoms with E-state index in [1.54, 1.807) is 6.07 Å². The van der Waals surface area contributed by atoms with E-state index in [2.05, 4.69) is 15.0 Å². The molecule has 2 aromatic rings. The van der Waals surface area contributed by atoms with E-state index in [-0.39, 0.29) is 5.15 Å². The Morgan fingerprint density at radius 3 is 2.81 bits per heavy atom. The summed E-state index contributed by atoms with van der Waals surface area (Å²) in [6, 6.07) is 1.74. The molecule has 6 heteroatoms. The summed E-state index contributed by atoms with van der Waals surface area (Å²) >= 11 is 5.88. The predicted octanol–water partition coefficient (Wildman–Crippen LogP) is 2.12. The van der Waals surface area contributed by atoms with Crippen LogP contribution in [0.5, 0.6) is 0 Å². The van der Waals surface area contributed by atoms with Crippen LogP contribution in [0.4, 0.5) is 10.1 Å². The molecule has 1 aliphatic heterocycles. The lowest BCUT2D eigenvalue weighted by molar-refractivity contribution is 0.549. The summed E-state index contributed by atoms with van der Waals surface area (Å²) in [7, 11) is 0. The fourth-order valence-electron chi connectivity index (χ4n) is 2.09. The molecule has 16 heavy (non-hydrogen) atoms. The maximum Gasteiger partial charge on any atom is 0.234 e. The largest absolute Gasteiger partial charge is 0.368 e. The van der Waals surface area contributed by atoms with Crippen LogP contribution in [0, 0.1) is 5.95 Å². The van der Waals surface area contributed by atoms with Gasteiger partial charge in [-0.3, -0.25) is 0 Å². The number of imidazole rings is 1. The van der Waals surface area contributed by atoms with E-state index < -0.39 is 5.95 Å². The molecule has 1 aliphatic rings. The van der Waals surface area contributed by atoms with Crippen LogP contribution in [-0.4, -0.2) is 27.7 Å². The Balaban J connectivity index is 2.21. The molecular weight excluding hydrogens is 231 g/mol. The van der Waals surface area contributed by atoms with Gasteiger partial charge in [0.1, 0.15) is 0 Å². The van der Waals surface area contributed by atoms with Crippen LogP contribution in [0.25, 0.3) is 5.65 Å². The summed E-state index contributed by atoms with van der Waals surface area (Å²) in [6.45, 7) is 1.93.